The monoisotopic (exact) mass is 306 g/mol. The summed E-state index contributed by atoms with van der Waals surface area (Å²) in [6.45, 7) is 4.62. The van der Waals surface area contributed by atoms with Gasteiger partial charge in [-0.2, -0.15) is 0 Å². The number of carbonyl (C=O) groups is 2. The van der Waals surface area contributed by atoms with Crippen LogP contribution in [0.5, 0.6) is 0 Å². The van der Waals surface area contributed by atoms with Crippen LogP contribution in [0, 0.1) is 17.7 Å². The second-order valence-electron chi connectivity index (χ2n) is 6.26. The van der Waals surface area contributed by atoms with Crippen LogP contribution in [-0.2, 0) is 9.59 Å². The quantitative estimate of drug-likeness (QED) is 0.929. The van der Waals surface area contributed by atoms with Crippen LogP contribution in [0.15, 0.2) is 24.3 Å². The van der Waals surface area contributed by atoms with Gasteiger partial charge in [-0.25, -0.2) is 4.39 Å². The van der Waals surface area contributed by atoms with Gasteiger partial charge in [0.15, 0.2) is 0 Å². The average Bonchev–Trinajstić information content (AvgIpc) is 2.48. The SMILES string of the molecule is CC(C)CNC(=O)[C@@H]1CCC(=O)N(C)[C@@H]1c1ccccc1F. The standard InChI is InChI=1S/C17H23FN2O2/c1-11(2)10-19-17(22)13-8-9-15(21)20(3)16(13)12-6-4-5-7-14(12)18/h4-7,11,13,16H,8-10H2,1-3H3,(H,19,22)/t13-,16-/m1/s1. The lowest BCUT2D eigenvalue weighted by molar-refractivity contribution is -0.141. The van der Waals surface area contributed by atoms with Crippen LogP contribution in [0.1, 0.15) is 38.3 Å². The second-order valence-corrected chi connectivity index (χ2v) is 6.26. The average molecular weight is 306 g/mol. The van der Waals surface area contributed by atoms with E-state index in [1.54, 1.807) is 25.2 Å². The minimum Gasteiger partial charge on any atom is -0.356 e. The normalized spacial score (nSPS) is 22.0. The highest BCUT2D eigenvalue weighted by molar-refractivity contribution is 5.84. The zero-order valence-corrected chi connectivity index (χ0v) is 13.3. The zero-order chi connectivity index (χ0) is 16.3. The number of piperidine rings is 1. The molecule has 0 radical (unpaired) electrons. The summed E-state index contributed by atoms with van der Waals surface area (Å²) in [4.78, 5) is 26.0. The maximum absolute atomic E-state index is 14.2. The number of nitrogens with zero attached hydrogens (tertiary/aromatic N) is 1. The molecular formula is C17H23FN2O2. The summed E-state index contributed by atoms with van der Waals surface area (Å²) in [5, 5.41) is 2.91. The lowest BCUT2D eigenvalue weighted by Gasteiger charge is -2.38. The van der Waals surface area contributed by atoms with Gasteiger partial charge in [0.2, 0.25) is 11.8 Å². The van der Waals surface area contributed by atoms with E-state index in [0.717, 1.165) is 0 Å². The Labute approximate surface area is 130 Å². The molecule has 1 N–H and O–H groups in total. The maximum Gasteiger partial charge on any atom is 0.225 e. The molecule has 0 aromatic heterocycles. The van der Waals surface area contributed by atoms with Crippen molar-refractivity contribution in [1.82, 2.24) is 10.2 Å². The van der Waals surface area contributed by atoms with Crippen LogP contribution in [0.25, 0.3) is 0 Å². The molecular weight excluding hydrogens is 283 g/mol. The fraction of sp³-hybridized carbons (Fsp3) is 0.529. The third-order valence-corrected chi connectivity index (χ3v) is 4.11. The summed E-state index contributed by atoms with van der Waals surface area (Å²) >= 11 is 0. The Hall–Kier alpha value is -1.91. The van der Waals surface area contributed by atoms with E-state index < -0.39 is 12.0 Å². The van der Waals surface area contributed by atoms with E-state index in [9.17, 15) is 14.0 Å². The van der Waals surface area contributed by atoms with Crippen molar-refractivity contribution >= 4 is 11.8 Å². The van der Waals surface area contributed by atoms with Gasteiger partial charge in [-0.15, -0.1) is 0 Å². The van der Waals surface area contributed by atoms with Crippen LogP contribution in [0.2, 0.25) is 0 Å². The van der Waals surface area contributed by atoms with Crippen LogP contribution in [0.3, 0.4) is 0 Å². The third-order valence-electron chi connectivity index (χ3n) is 4.11. The topological polar surface area (TPSA) is 49.4 Å². The van der Waals surface area contributed by atoms with Gasteiger partial charge < -0.3 is 10.2 Å². The number of likely N-dealkylation sites (tertiary alicyclic amines) is 1. The van der Waals surface area contributed by atoms with E-state index in [4.69, 9.17) is 0 Å². The highest BCUT2D eigenvalue weighted by Gasteiger charge is 2.39. The van der Waals surface area contributed by atoms with Gasteiger partial charge in [-0.1, -0.05) is 32.0 Å². The largest absolute Gasteiger partial charge is 0.356 e. The summed E-state index contributed by atoms with van der Waals surface area (Å²) in [6.07, 6.45) is 0.771. The smallest absolute Gasteiger partial charge is 0.225 e. The number of amides is 2. The molecule has 1 aliphatic rings. The molecule has 0 bridgehead atoms. The van der Waals surface area contributed by atoms with Crippen LogP contribution >= 0.6 is 0 Å². The van der Waals surface area contributed by atoms with Crippen LogP contribution < -0.4 is 5.32 Å². The molecule has 0 aliphatic carbocycles. The lowest BCUT2D eigenvalue weighted by atomic mass is 9.83. The lowest BCUT2D eigenvalue weighted by Crippen LogP contribution is -2.47. The molecule has 1 aliphatic heterocycles. The van der Waals surface area contributed by atoms with E-state index in [1.165, 1.54) is 11.0 Å². The van der Waals surface area contributed by atoms with Gasteiger partial charge in [0.25, 0.3) is 0 Å². The molecule has 120 valence electrons. The van der Waals surface area contributed by atoms with Crippen molar-refractivity contribution in [3.63, 3.8) is 0 Å². The number of hydrogen-bond donors (Lipinski definition) is 1. The van der Waals surface area contributed by atoms with Crippen molar-refractivity contribution in [2.45, 2.75) is 32.7 Å². The first-order valence-corrected chi connectivity index (χ1v) is 7.69. The van der Waals surface area contributed by atoms with Gasteiger partial charge in [0.1, 0.15) is 5.82 Å². The van der Waals surface area contributed by atoms with E-state index >= 15 is 0 Å². The Morgan fingerprint density at radius 3 is 2.73 bits per heavy atom. The molecule has 22 heavy (non-hydrogen) atoms. The molecule has 0 spiro atoms. The highest BCUT2D eigenvalue weighted by atomic mass is 19.1. The number of rotatable bonds is 4. The Morgan fingerprint density at radius 2 is 2.09 bits per heavy atom. The van der Waals surface area contributed by atoms with E-state index in [-0.39, 0.29) is 17.6 Å². The molecule has 2 rings (SSSR count). The highest BCUT2D eigenvalue weighted by Crippen LogP contribution is 2.36. The number of halogens is 1. The van der Waals surface area contributed by atoms with Gasteiger partial charge in [-0.3, -0.25) is 9.59 Å². The first kappa shape index (κ1) is 16.5. The van der Waals surface area contributed by atoms with Crippen molar-refractivity contribution < 1.29 is 14.0 Å². The summed E-state index contributed by atoms with van der Waals surface area (Å²) in [7, 11) is 1.64. The van der Waals surface area contributed by atoms with E-state index in [1.807, 2.05) is 13.8 Å². The Morgan fingerprint density at radius 1 is 1.41 bits per heavy atom. The molecule has 1 aromatic carbocycles. The van der Waals surface area contributed by atoms with E-state index in [0.29, 0.717) is 30.9 Å². The van der Waals surface area contributed by atoms with Crippen molar-refractivity contribution in [2.24, 2.45) is 11.8 Å². The van der Waals surface area contributed by atoms with Crippen molar-refractivity contribution in [1.29, 1.82) is 0 Å². The molecule has 1 fully saturated rings. The van der Waals surface area contributed by atoms with Gasteiger partial charge >= 0.3 is 0 Å². The fourth-order valence-electron chi connectivity index (χ4n) is 2.89. The Bertz CT molecular complexity index is 559. The molecule has 2 amide bonds. The fourth-order valence-corrected chi connectivity index (χ4v) is 2.89. The molecule has 0 saturated carbocycles. The van der Waals surface area contributed by atoms with Crippen molar-refractivity contribution in [3.05, 3.63) is 35.6 Å². The predicted molar refractivity (Wildman–Crippen MR) is 82.5 cm³/mol. The molecule has 5 heteroatoms. The molecule has 1 saturated heterocycles. The molecule has 2 atom stereocenters. The number of carbonyl (C=O) groups excluding carboxylic acids is 2. The van der Waals surface area contributed by atoms with Gasteiger partial charge in [0.05, 0.1) is 12.0 Å². The van der Waals surface area contributed by atoms with Crippen LogP contribution in [-0.4, -0.2) is 30.3 Å². The Balaban J connectivity index is 2.28. The molecule has 4 nitrogen and oxygen atoms in total. The Kier molecular flexibility index (Phi) is 5.16. The van der Waals surface area contributed by atoms with Gasteiger partial charge in [-0.05, 0) is 18.4 Å². The first-order chi connectivity index (χ1) is 10.4. The maximum atomic E-state index is 14.2. The van der Waals surface area contributed by atoms with Gasteiger partial charge in [0, 0.05) is 25.6 Å². The minimum absolute atomic E-state index is 0.0545. The van der Waals surface area contributed by atoms with Crippen LogP contribution in [0.4, 0.5) is 4.39 Å². The number of hydrogen-bond acceptors (Lipinski definition) is 2. The van der Waals surface area contributed by atoms with E-state index in [2.05, 4.69) is 5.32 Å². The third kappa shape index (κ3) is 3.46. The summed E-state index contributed by atoms with van der Waals surface area (Å²) < 4.78 is 14.2. The number of nitrogens with one attached hydrogen (secondary N) is 1. The molecule has 1 heterocycles. The summed E-state index contributed by atoms with van der Waals surface area (Å²) in [6, 6.07) is 5.81. The number of benzene rings is 1. The zero-order valence-electron chi connectivity index (χ0n) is 13.3. The van der Waals surface area contributed by atoms with Crippen molar-refractivity contribution in [3.8, 4) is 0 Å². The minimum atomic E-state index is -0.547. The molecule has 0 unspecified atom stereocenters. The predicted octanol–water partition coefficient (Wildman–Crippen LogP) is 2.51. The van der Waals surface area contributed by atoms with Crippen molar-refractivity contribution in [2.75, 3.05) is 13.6 Å². The first-order valence-electron chi connectivity index (χ1n) is 7.69. The molecule has 1 aromatic rings. The summed E-state index contributed by atoms with van der Waals surface area (Å²) in [5.74, 6) is -0.615. The second kappa shape index (κ2) is 6.90. The summed E-state index contributed by atoms with van der Waals surface area (Å²) in [5.41, 5.74) is 0.405.